The average Bonchev–Trinajstić information content (AvgIpc) is 3.72. The number of unbranched alkanes of at least 4 members (excludes halogenated alkanes) is 41. The molecule has 0 fully saturated rings. The standard InChI is InChI=1S/C70H136O17P2/c1-6-10-13-16-18-20-22-23-24-25-26-27-28-29-30-31-33-35-41-46-51-56-70(75)87-66(60-81-68(73)54-49-44-39-37-36-38-43-47-52-63(5)9-4)62-85-89(78,79)83-58-64(71)57-82-88(76,77)84-61-65(59-80-67(72)53-48-42-15-12-8-3)86-69(74)55-50-45-40-34-32-21-19-17-14-11-7-2/h63-66,71H,6-62H2,1-5H3,(H,76,77)(H,78,79)/t63?,64-,65+,66+/m0/s1. The van der Waals surface area contributed by atoms with Crippen LogP contribution >= 0.6 is 15.6 Å². The fraction of sp³-hybridized carbons (Fsp3) is 0.943. The van der Waals surface area contributed by atoms with Gasteiger partial charge in [0.05, 0.1) is 26.4 Å². The van der Waals surface area contributed by atoms with E-state index in [1.54, 1.807) is 0 Å². The number of carbonyl (C=O) groups excluding carboxylic acids is 4. The van der Waals surface area contributed by atoms with Crippen LogP contribution < -0.4 is 0 Å². The van der Waals surface area contributed by atoms with Gasteiger partial charge in [0, 0.05) is 25.7 Å². The number of rotatable bonds is 70. The van der Waals surface area contributed by atoms with Crippen LogP contribution in [0.4, 0.5) is 0 Å². The van der Waals surface area contributed by atoms with E-state index < -0.39 is 97.5 Å². The third-order valence-corrected chi connectivity index (χ3v) is 18.5. The molecule has 0 rings (SSSR count). The van der Waals surface area contributed by atoms with Crippen LogP contribution in [0.1, 0.15) is 362 Å². The Labute approximate surface area is 543 Å². The van der Waals surface area contributed by atoms with Gasteiger partial charge in [-0.25, -0.2) is 9.13 Å². The van der Waals surface area contributed by atoms with E-state index in [1.165, 1.54) is 180 Å². The van der Waals surface area contributed by atoms with E-state index in [-0.39, 0.29) is 25.7 Å². The van der Waals surface area contributed by atoms with Crippen molar-refractivity contribution in [3.63, 3.8) is 0 Å². The number of aliphatic hydroxyl groups excluding tert-OH is 1. The summed E-state index contributed by atoms with van der Waals surface area (Å²) in [5, 5.41) is 10.5. The predicted molar refractivity (Wildman–Crippen MR) is 358 cm³/mol. The second-order valence-electron chi connectivity index (χ2n) is 25.5. The minimum Gasteiger partial charge on any atom is -0.462 e. The van der Waals surface area contributed by atoms with Gasteiger partial charge < -0.3 is 33.8 Å². The molecule has 0 aromatic rings. The monoisotopic (exact) mass is 1310 g/mol. The topological polar surface area (TPSA) is 237 Å². The summed E-state index contributed by atoms with van der Waals surface area (Å²) in [5.74, 6) is -1.36. The van der Waals surface area contributed by atoms with Crippen molar-refractivity contribution >= 4 is 39.5 Å². The van der Waals surface area contributed by atoms with Crippen molar-refractivity contribution in [3.8, 4) is 0 Å². The Kier molecular flexibility index (Phi) is 62.1. The molecule has 3 unspecified atom stereocenters. The van der Waals surface area contributed by atoms with Crippen molar-refractivity contribution in [1.29, 1.82) is 0 Å². The van der Waals surface area contributed by atoms with Crippen molar-refractivity contribution in [1.82, 2.24) is 0 Å². The van der Waals surface area contributed by atoms with Gasteiger partial charge in [0.1, 0.15) is 19.3 Å². The van der Waals surface area contributed by atoms with Crippen LogP contribution in [-0.4, -0.2) is 96.7 Å². The second kappa shape index (κ2) is 63.5. The lowest BCUT2D eigenvalue weighted by molar-refractivity contribution is -0.161. The summed E-state index contributed by atoms with van der Waals surface area (Å²) < 4.78 is 68.0. The molecular formula is C70H136O17P2. The number of phosphoric ester groups is 2. The molecule has 0 aliphatic rings. The molecule has 0 saturated carbocycles. The minimum atomic E-state index is -4.95. The Morgan fingerprint density at radius 2 is 0.539 bits per heavy atom. The smallest absolute Gasteiger partial charge is 0.462 e. The first-order valence-electron chi connectivity index (χ1n) is 36.7. The van der Waals surface area contributed by atoms with Crippen LogP contribution in [0, 0.1) is 5.92 Å². The normalized spacial score (nSPS) is 14.4. The Hall–Kier alpha value is -1.94. The number of esters is 4. The van der Waals surface area contributed by atoms with Gasteiger partial charge in [0.25, 0.3) is 0 Å². The van der Waals surface area contributed by atoms with E-state index in [9.17, 15) is 43.2 Å². The number of aliphatic hydroxyl groups is 1. The summed E-state index contributed by atoms with van der Waals surface area (Å²) in [6.07, 6.45) is 50.4. The molecule has 0 aliphatic carbocycles. The summed E-state index contributed by atoms with van der Waals surface area (Å²) in [4.78, 5) is 72.2. The Balaban J connectivity index is 5.10. The molecule has 6 atom stereocenters. The molecular weight excluding hydrogens is 1170 g/mol. The summed E-state index contributed by atoms with van der Waals surface area (Å²) in [7, 11) is -9.89. The van der Waals surface area contributed by atoms with Gasteiger partial charge in [-0.15, -0.1) is 0 Å². The maximum absolute atomic E-state index is 13.0. The van der Waals surface area contributed by atoms with Crippen molar-refractivity contribution in [2.45, 2.75) is 380 Å². The highest BCUT2D eigenvalue weighted by molar-refractivity contribution is 7.47. The van der Waals surface area contributed by atoms with E-state index in [4.69, 9.17) is 37.0 Å². The van der Waals surface area contributed by atoms with Gasteiger partial charge in [0.15, 0.2) is 12.2 Å². The molecule has 89 heavy (non-hydrogen) atoms. The highest BCUT2D eigenvalue weighted by Crippen LogP contribution is 2.45. The van der Waals surface area contributed by atoms with Crippen molar-refractivity contribution in [2.24, 2.45) is 5.92 Å². The highest BCUT2D eigenvalue weighted by Gasteiger charge is 2.30. The summed E-state index contributed by atoms with van der Waals surface area (Å²) >= 11 is 0. The molecule has 528 valence electrons. The summed E-state index contributed by atoms with van der Waals surface area (Å²) in [6, 6.07) is 0. The van der Waals surface area contributed by atoms with Crippen molar-refractivity contribution < 1.29 is 80.2 Å². The Morgan fingerprint density at radius 3 is 0.798 bits per heavy atom. The molecule has 0 aliphatic heterocycles. The molecule has 19 heteroatoms. The van der Waals surface area contributed by atoms with E-state index in [0.29, 0.717) is 25.7 Å². The lowest BCUT2D eigenvalue weighted by atomic mass is 9.99. The van der Waals surface area contributed by atoms with Gasteiger partial charge in [-0.2, -0.15) is 0 Å². The zero-order valence-electron chi connectivity index (χ0n) is 57.6. The molecule has 0 aromatic heterocycles. The first-order chi connectivity index (χ1) is 43.1. The fourth-order valence-electron chi connectivity index (χ4n) is 10.6. The third-order valence-electron chi connectivity index (χ3n) is 16.6. The summed E-state index contributed by atoms with van der Waals surface area (Å²) in [5.41, 5.74) is 0. The third kappa shape index (κ3) is 63.2. The maximum Gasteiger partial charge on any atom is 0.472 e. The molecule has 0 saturated heterocycles. The van der Waals surface area contributed by atoms with Crippen molar-refractivity contribution in [3.05, 3.63) is 0 Å². The molecule has 0 amide bonds. The van der Waals surface area contributed by atoms with E-state index >= 15 is 0 Å². The lowest BCUT2D eigenvalue weighted by Gasteiger charge is -2.21. The number of hydrogen-bond donors (Lipinski definition) is 3. The van der Waals surface area contributed by atoms with Crippen LogP contribution in [0.25, 0.3) is 0 Å². The van der Waals surface area contributed by atoms with Crippen molar-refractivity contribution in [2.75, 3.05) is 39.6 Å². The first-order valence-corrected chi connectivity index (χ1v) is 39.7. The molecule has 0 aromatic carbocycles. The number of carbonyl (C=O) groups is 4. The van der Waals surface area contributed by atoms with E-state index in [1.807, 2.05) is 0 Å². The lowest BCUT2D eigenvalue weighted by Crippen LogP contribution is -2.30. The molecule has 3 N–H and O–H groups in total. The zero-order valence-corrected chi connectivity index (χ0v) is 59.4. The predicted octanol–water partition coefficient (Wildman–Crippen LogP) is 20.1. The van der Waals surface area contributed by atoms with Crippen LogP contribution in [0.3, 0.4) is 0 Å². The number of phosphoric acid groups is 2. The molecule has 0 bridgehead atoms. The van der Waals surface area contributed by atoms with Crippen LogP contribution in [0.15, 0.2) is 0 Å². The van der Waals surface area contributed by atoms with Gasteiger partial charge >= 0.3 is 39.5 Å². The first kappa shape index (κ1) is 87.1. The highest BCUT2D eigenvalue weighted by atomic mass is 31.2. The van der Waals surface area contributed by atoms with Crippen LogP contribution in [0.2, 0.25) is 0 Å². The van der Waals surface area contributed by atoms with Gasteiger partial charge in [-0.05, 0) is 31.6 Å². The van der Waals surface area contributed by atoms with Crippen LogP contribution in [-0.2, 0) is 65.4 Å². The molecule has 17 nitrogen and oxygen atoms in total. The van der Waals surface area contributed by atoms with Gasteiger partial charge in [0.2, 0.25) is 0 Å². The quantitative estimate of drug-likeness (QED) is 0.0222. The molecule has 0 radical (unpaired) electrons. The van der Waals surface area contributed by atoms with Gasteiger partial charge in [-0.1, -0.05) is 311 Å². The fourth-order valence-corrected chi connectivity index (χ4v) is 12.2. The molecule has 0 heterocycles. The largest absolute Gasteiger partial charge is 0.472 e. The Morgan fingerprint density at radius 1 is 0.315 bits per heavy atom. The Bertz CT molecular complexity index is 1720. The van der Waals surface area contributed by atoms with E-state index in [0.717, 1.165) is 102 Å². The van der Waals surface area contributed by atoms with Crippen LogP contribution in [0.5, 0.6) is 0 Å². The second-order valence-corrected chi connectivity index (χ2v) is 28.4. The zero-order chi connectivity index (χ0) is 65.6. The average molecular weight is 1310 g/mol. The van der Waals surface area contributed by atoms with Gasteiger partial charge in [-0.3, -0.25) is 37.3 Å². The SMILES string of the molecule is CCCCCCCCCCCCCCCCCCCCCCCC(=O)O[C@H](COC(=O)CCCCCCCCCCC(C)CC)COP(=O)(O)OC[C@@H](O)COP(=O)(O)OC[C@@H](COC(=O)CCCCCCC)OC(=O)CCCCCCCCCCCCC. The maximum atomic E-state index is 13.0. The minimum absolute atomic E-state index is 0.106. The number of hydrogen-bond acceptors (Lipinski definition) is 15. The summed E-state index contributed by atoms with van der Waals surface area (Å²) in [6.45, 7) is 7.15. The number of ether oxygens (including phenoxy) is 4. The van der Waals surface area contributed by atoms with E-state index in [2.05, 4.69) is 34.6 Å². The molecule has 0 spiro atoms.